The SMILES string of the molecule is CCNc1cccnc1S(=O)(=O)NCc1ncc(C)o1. The molecule has 2 heterocycles. The van der Waals surface area contributed by atoms with Crippen LogP contribution in [0.15, 0.2) is 34.0 Å². The third-order valence-electron chi connectivity index (χ3n) is 2.48. The van der Waals surface area contributed by atoms with E-state index in [1.165, 1.54) is 12.4 Å². The van der Waals surface area contributed by atoms with Crippen molar-refractivity contribution in [3.8, 4) is 0 Å². The first-order chi connectivity index (χ1) is 9.53. The summed E-state index contributed by atoms with van der Waals surface area (Å²) in [6, 6.07) is 3.34. The first-order valence-electron chi connectivity index (χ1n) is 6.13. The Morgan fingerprint density at radius 2 is 2.15 bits per heavy atom. The molecule has 0 spiro atoms. The normalized spacial score (nSPS) is 11.5. The smallest absolute Gasteiger partial charge is 0.260 e. The summed E-state index contributed by atoms with van der Waals surface area (Å²) in [7, 11) is -3.73. The molecule has 0 aromatic carbocycles. The van der Waals surface area contributed by atoms with Gasteiger partial charge in [0.2, 0.25) is 5.89 Å². The second-order valence-corrected chi connectivity index (χ2v) is 5.76. The van der Waals surface area contributed by atoms with E-state index in [2.05, 4.69) is 20.0 Å². The van der Waals surface area contributed by atoms with Crippen molar-refractivity contribution in [2.45, 2.75) is 25.4 Å². The molecule has 2 N–H and O–H groups in total. The molecule has 0 aliphatic rings. The Balaban J connectivity index is 2.18. The third kappa shape index (κ3) is 3.34. The van der Waals surface area contributed by atoms with E-state index in [4.69, 9.17) is 4.42 Å². The highest BCUT2D eigenvalue weighted by Gasteiger charge is 2.20. The van der Waals surface area contributed by atoms with Crippen LogP contribution in [0.1, 0.15) is 18.6 Å². The van der Waals surface area contributed by atoms with Gasteiger partial charge in [-0.25, -0.2) is 23.1 Å². The van der Waals surface area contributed by atoms with Crippen molar-refractivity contribution >= 4 is 15.7 Å². The van der Waals surface area contributed by atoms with Crippen LogP contribution in [0.25, 0.3) is 0 Å². The van der Waals surface area contributed by atoms with Crippen molar-refractivity contribution in [1.82, 2.24) is 14.7 Å². The van der Waals surface area contributed by atoms with Crippen LogP contribution in [0.4, 0.5) is 5.69 Å². The van der Waals surface area contributed by atoms with Crippen LogP contribution in [0.3, 0.4) is 0 Å². The number of rotatable bonds is 6. The van der Waals surface area contributed by atoms with Gasteiger partial charge in [0.15, 0.2) is 5.03 Å². The van der Waals surface area contributed by atoms with Gasteiger partial charge in [-0.15, -0.1) is 0 Å². The van der Waals surface area contributed by atoms with Crippen LogP contribution in [0.2, 0.25) is 0 Å². The molecule has 0 amide bonds. The van der Waals surface area contributed by atoms with E-state index in [0.717, 1.165) is 0 Å². The van der Waals surface area contributed by atoms with Crippen molar-refractivity contribution in [2.75, 3.05) is 11.9 Å². The molecule has 0 fully saturated rings. The highest BCUT2D eigenvalue weighted by molar-refractivity contribution is 7.89. The van der Waals surface area contributed by atoms with Gasteiger partial charge in [0.1, 0.15) is 5.76 Å². The molecule has 20 heavy (non-hydrogen) atoms. The van der Waals surface area contributed by atoms with Gasteiger partial charge in [-0.1, -0.05) is 0 Å². The number of sulfonamides is 1. The largest absolute Gasteiger partial charge is 0.445 e. The van der Waals surface area contributed by atoms with Gasteiger partial charge in [0.05, 0.1) is 18.4 Å². The Bertz CT molecular complexity index is 682. The minimum absolute atomic E-state index is 0.0156. The standard InChI is InChI=1S/C12H16N4O3S/c1-3-13-10-5-4-6-14-12(10)20(17,18)16-8-11-15-7-9(2)19-11/h4-7,13,16H,3,8H2,1-2H3. The first kappa shape index (κ1) is 14.5. The van der Waals surface area contributed by atoms with Crippen LogP contribution in [0, 0.1) is 6.92 Å². The second-order valence-electron chi connectivity index (χ2n) is 4.08. The number of aryl methyl sites for hydroxylation is 1. The molecular weight excluding hydrogens is 280 g/mol. The zero-order valence-electron chi connectivity index (χ0n) is 11.3. The van der Waals surface area contributed by atoms with E-state index < -0.39 is 10.0 Å². The van der Waals surface area contributed by atoms with E-state index in [9.17, 15) is 8.42 Å². The topological polar surface area (TPSA) is 97.1 Å². The molecule has 0 atom stereocenters. The average molecular weight is 296 g/mol. The maximum Gasteiger partial charge on any atom is 0.260 e. The monoisotopic (exact) mass is 296 g/mol. The summed E-state index contributed by atoms with van der Waals surface area (Å²) < 4.78 is 32.1. The summed E-state index contributed by atoms with van der Waals surface area (Å²) in [5.74, 6) is 0.942. The fourth-order valence-corrected chi connectivity index (χ4v) is 2.72. The lowest BCUT2D eigenvalue weighted by atomic mass is 10.4. The molecule has 2 aromatic heterocycles. The van der Waals surface area contributed by atoms with E-state index in [1.807, 2.05) is 6.92 Å². The number of aromatic nitrogens is 2. The summed E-state index contributed by atoms with van der Waals surface area (Å²) in [6.07, 6.45) is 2.97. The quantitative estimate of drug-likeness (QED) is 0.833. The number of anilines is 1. The van der Waals surface area contributed by atoms with E-state index >= 15 is 0 Å². The summed E-state index contributed by atoms with van der Waals surface area (Å²) in [5, 5.41) is 2.93. The molecule has 0 radical (unpaired) electrons. The Kier molecular flexibility index (Phi) is 4.35. The predicted molar refractivity (Wildman–Crippen MR) is 73.7 cm³/mol. The van der Waals surface area contributed by atoms with E-state index in [1.54, 1.807) is 19.1 Å². The van der Waals surface area contributed by atoms with Crippen molar-refractivity contribution in [3.63, 3.8) is 0 Å². The van der Waals surface area contributed by atoms with Crippen molar-refractivity contribution in [1.29, 1.82) is 0 Å². The van der Waals surface area contributed by atoms with Gasteiger partial charge in [-0.2, -0.15) is 0 Å². The lowest BCUT2D eigenvalue weighted by Crippen LogP contribution is -2.25. The molecule has 0 aliphatic carbocycles. The molecule has 0 saturated heterocycles. The van der Waals surface area contributed by atoms with Gasteiger partial charge < -0.3 is 9.73 Å². The minimum Gasteiger partial charge on any atom is -0.445 e. The lowest BCUT2D eigenvalue weighted by Gasteiger charge is -2.10. The molecule has 2 rings (SSSR count). The summed E-state index contributed by atoms with van der Waals surface area (Å²) in [5.41, 5.74) is 0.464. The molecule has 0 bridgehead atoms. The van der Waals surface area contributed by atoms with Crippen molar-refractivity contribution in [2.24, 2.45) is 0 Å². The number of oxazole rings is 1. The molecule has 2 aromatic rings. The molecule has 0 aliphatic heterocycles. The van der Waals surface area contributed by atoms with Crippen LogP contribution < -0.4 is 10.0 Å². The van der Waals surface area contributed by atoms with Crippen LogP contribution in [-0.4, -0.2) is 24.9 Å². The van der Waals surface area contributed by atoms with Crippen molar-refractivity contribution < 1.29 is 12.8 Å². The van der Waals surface area contributed by atoms with Crippen molar-refractivity contribution in [3.05, 3.63) is 36.2 Å². The molecule has 0 saturated carbocycles. The second kappa shape index (κ2) is 6.02. The molecular formula is C12H16N4O3S. The Morgan fingerprint density at radius 1 is 1.35 bits per heavy atom. The molecule has 108 valence electrons. The van der Waals surface area contributed by atoms with Gasteiger partial charge in [0.25, 0.3) is 10.0 Å². The van der Waals surface area contributed by atoms with E-state index in [0.29, 0.717) is 23.9 Å². The summed E-state index contributed by atoms with van der Waals surface area (Å²) >= 11 is 0. The predicted octanol–water partition coefficient (Wildman–Crippen LogP) is 1.29. The summed E-state index contributed by atoms with van der Waals surface area (Å²) in [4.78, 5) is 7.86. The summed E-state index contributed by atoms with van der Waals surface area (Å²) in [6.45, 7) is 4.21. The highest BCUT2D eigenvalue weighted by atomic mass is 32.2. The lowest BCUT2D eigenvalue weighted by molar-refractivity contribution is 0.463. The minimum atomic E-state index is -3.73. The first-order valence-corrected chi connectivity index (χ1v) is 7.61. The molecule has 7 nitrogen and oxygen atoms in total. The number of hydrogen-bond donors (Lipinski definition) is 2. The third-order valence-corrected chi connectivity index (χ3v) is 3.83. The zero-order chi connectivity index (χ0) is 14.6. The van der Waals surface area contributed by atoms with Crippen LogP contribution >= 0.6 is 0 Å². The van der Waals surface area contributed by atoms with Crippen LogP contribution in [0.5, 0.6) is 0 Å². The maximum absolute atomic E-state index is 12.2. The molecule has 0 unspecified atom stereocenters. The van der Waals surface area contributed by atoms with Gasteiger partial charge in [-0.3, -0.25) is 0 Å². The number of nitrogens with one attached hydrogen (secondary N) is 2. The number of nitrogens with zero attached hydrogens (tertiary/aromatic N) is 2. The highest BCUT2D eigenvalue weighted by Crippen LogP contribution is 2.17. The fraction of sp³-hybridized carbons (Fsp3) is 0.333. The van der Waals surface area contributed by atoms with E-state index in [-0.39, 0.29) is 11.6 Å². The van der Waals surface area contributed by atoms with Crippen LogP contribution in [-0.2, 0) is 16.6 Å². The molecule has 8 heteroatoms. The zero-order valence-corrected chi connectivity index (χ0v) is 12.1. The Labute approximate surface area is 117 Å². The Hall–Kier alpha value is -1.93. The average Bonchev–Trinajstić information content (AvgIpc) is 2.83. The Morgan fingerprint density at radius 3 is 2.80 bits per heavy atom. The maximum atomic E-state index is 12.2. The van der Waals surface area contributed by atoms with Gasteiger partial charge >= 0.3 is 0 Å². The van der Waals surface area contributed by atoms with Gasteiger partial charge in [-0.05, 0) is 26.0 Å². The van der Waals surface area contributed by atoms with Gasteiger partial charge in [0, 0.05) is 12.7 Å². The number of pyridine rings is 1. The number of hydrogen-bond acceptors (Lipinski definition) is 6. The fourth-order valence-electron chi connectivity index (χ4n) is 1.64.